The zero-order valence-corrected chi connectivity index (χ0v) is 13.0. The molecule has 0 saturated heterocycles. The minimum absolute atomic E-state index is 0.211. The van der Waals surface area contributed by atoms with E-state index in [0.29, 0.717) is 19.7 Å². The number of carbonyl (C=O) groups is 1. The quantitative estimate of drug-likeness (QED) is 0.696. The fourth-order valence-corrected chi connectivity index (χ4v) is 2.12. The van der Waals surface area contributed by atoms with Crippen LogP contribution >= 0.6 is 0 Å². The third-order valence-electron chi connectivity index (χ3n) is 3.13. The lowest BCUT2D eigenvalue weighted by Crippen LogP contribution is -2.36. The third kappa shape index (κ3) is 7.22. The summed E-state index contributed by atoms with van der Waals surface area (Å²) >= 11 is 0. The lowest BCUT2D eigenvalue weighted by atomic mass is 10.1. The predicted octanol–water partition coefficient (Wildman–Crippen LogP) is 1.30. The molecule has 0 aliphatic rings. The number of aliphatic hydroxyl groups is 1. The number of rotatable bonds is 9. The van der Waals surface area contributed by atoms with Crippen LogP contribution in [0.4, 0.5) is 0 Å². The van der Waals surface area contributed by atoms with Crippen LogP contribution in [-0.2, 0) is 20.9 Å². The number of hydrogen-bond acceptors (Lipinski definition) is 5. The number of hydrogen-bond donors (Lipinski definition) is 1. The molecule has 0 spiro atoms. The Bertz CT molecular complexity index is 410. The average molecular weight is 295 g/mol. The molecule has 2 unspecified atom stereocenters. The number of ether oxygens (including phenoxy) is 2. The summed E-state index contributed by atoms with van der Waals surface area (Å²) < 4.78 is 10.2. The first-order valence-electron chi connectivity index (χ1n) is 7.09. The van der Waals surface area contributed by atoms with Crippen LogP contribution in [0.5, 0.6) is 0 Å². The number of nitrogens with zero attached hydrogens (tertiary/aromatic N) is 1. The van der Waals surface area contributed by atoms with Gasteiger partial charge in [-0.05, 0) is 12.6 Å². The van der Waals surface area contributed by atoms with Gasteiger partial charge in [0.25, 0.3) is 0 Å². The van der Waals surface area contributed by atoms with E-state index in [-0.39, 0.29) is 18.5 Å². The summed E-state index contributed by atoms with van der Waals surface area (Å²) in [6.45, 7) is 3.56. The van der Waals surface area contributed by atoms with Crippen molar-refractivity contribution in [3.8, 4) is 0 Å². The van der Waals surface area contributed by atoms with Gasteiger partial charge in [-0.1, -0.05) is 37.3 Å². The van der Waals surface area contributed by atoms with Crippen molar-refractivity contribution in [2.24, 2.45) is 5.92 Å². The van der Waals surface area contributed by atoms with E-state index in [0.717, 1.165) is 5.56 Å². The van der Waals surface area contributed by atoms with Crippen LogP contribution in [0.3, 0.4) is 0 Å². The van der Waals surface area contributed by atoms with Gasteiger partial charge in [0, 0.05) is 13.1 Å². The fourth-order valence-electron chi connectivity index (χ4n) is 2.12. The standard InChI is InChI=1S/C16H25NO4/c1-13(16(19)20-3)9-17(2)10-15(18)12-21-11-14-7-5-4-6-8-14/h4-8,13,15,18H,9-12H2,1-3H3. The molecule has 1 rings (SSSR count). The highest BCUT2D eigenvalue weighted by Crippen LogP contribution is 2.03. The maximum atomic E-state index is 11.3. The first-order chi connectivity index (χ1) is 10.0. The number of benzene rings is 1. The number of methoxy groups -OCH3 is 1. The molecule has 0 heterocycles. The topological polar surface area (TPSA) is 59.0 Å². The first kappa shape index (κ1) is 17.6. The highest BCUT2D eigenvalue weighted by Gasteiger charge is 2.17. The average Bonchev–Trinajstić information content (AvgIpc) is 2.47. The van der Waals surface area contributed by atoms with Gasteiger partial charge in [0.15, 0.2) is 0 Å². The van der Waals surface area contributed by atoms with Crippen LogP contribution in [0.25, 0.3) is 0 Å². The second-order valence-electron chi connectivity index (χ2n) is 5.30. The number of esters is 1. The Hall–Kier alpha value is -1.43. The molecular formula is C16H25NO4. The Morgan fingerprint density at radius 1 is 1.29 bits per heavy atom. The van der Waals surface area contributed by atoms with Gasteiger partial charge in [-0.3, -0.25) is 4.79 Å². The van der Waals surface area contributed by atoms with Crippen LogP contribution in [0.15, 0.2) is 30.3 Å². The zero-order chi connectivity index (χ0) is 15.7. The molecule has 21 heavy (non-hydrogen) atoms. The van der Waals surface area contributed by atoms with E-state index >= 15 is 0 Å². The SMILES string of the molecule is COC(=O)C(C)CN(C)CC(O)COCc1ccccc1. The maximum absolute atomic E-state index is 11.3. The zero-order valence-electron chi connectivity index (χ0n) is 13.0. The molecule has 5 heteroatoms. The summed E-state index contributed by atoms with van der Waals surface area (Å²) in [5.41, 5.74) is 1.08. The summed E-state index contributed by atoms with van der Waals surface area (Å²) in [6, 6.07) is 9.83. The molecule has 1 aromatic rings. The number of likely N-dealkylation sites (N-methyl/N-ethyl adjacent to an activating group) is 1. The molecule has 0 saturated carbocycles. The summed E-state index contributed by atoms with van der Waals surface area (Å²) in [5, 5.41) is 9.92. The lowest BCUT2D eigenvalue weighted by molar-refractivity contribution is -0.145. The van der Waals surface area contributed by atoms with Gasteiger partial charge in [-0.15, -0.1) is 0 Å². The molecule has 118 valence electrons. The van der Waals surface area contributed by atoms with E-state index in [1.165, 1.54) is 7.11 Å². The van der Waals surface area contributed by atoms with Gasteiger partial charge in [-0.2, -0.15) is 0 Å². The highest BCUT2D eigenvalue weighted by atomic mass is 16.5. The Balaban J connectivity index is 2.20. The number of carbonyl (C=O) groups excluding carboxylic acids is 1. The second kappa shape index (κ2) is 9.50. The minimum Gasteiger partial charge on any atom is -0.469 e. The van der Waals surface area contributed by atoms with Crippen LogP contribution in [-0.4, -0.2) is 55.9 Å². The van der Waals surface area contributed by atoms with Crippen molar-refractivity contribution in [1.82, 2.24) is 4.90 Å². The summed E-state index contributed by atoms with van der Waals surface area (Å²) in [7, 11) is 3.24. The summed E-state index contributed by atoms with van der Waals surface area (Å²) in [4.78, 5) is 13.2. The molecule has 0 aromatic heterocycles. The Morgan fingerprint density at radius 2 is 1.95 bits per heavy atom. The molecule has 1 N–H and O–H groups in total. The Morgan fingerprint density at radius 3 is 2.57 bits per heavy atom. The molecular weight excluding hydrogens is 270 g/mol. The normalized spacial score (nSPS) is 14.0. The first-order valence-corrected chi connectivity index (χ1v) is 7.09. The predicted molar refractivity (Wildman–Crippen MR) is 80.8 cm³/mol. The third-order valence-corrected chi connectivity index (χ3v) is 3.13. The van der Waals surface area contributed by atoms with Crippen LogP contribution in [0.2, 0.25) is 0 Å². The van der Waals surface area contributed by atoms with Gasteiger partial charge in [0.2, 0.25) is 0 Å². The van der Waals surface area contributed by atoms with E-state index in [1.54, 1.807) is 6.92 Å². The van der Waals surface area contributed by atoms with Crippen molar-refractivity contribution in [3.05, 3.63) is 35.9 Å². The smallest absolute Gasteiger partial charge is 0.309 e. The van der Waals surface area contributed by atoms with Crippen molar-refractivity contribution in [1.29, 1.82) is 0 Å². The maximum Gasteiger partial charge on any atom is 0.309 e. The molecule has 2 atom stereocenters. The van der Waals surface area contributed by atoms with Crippen LogP contribution in [0.1, 0.15) is 12.5 Å². The van der Waals surface area contributed by atoms with Gasteiger partial charge >= 0.3 is 5.97 Å². The molecule has 0 fully saturated rings. The van der Waals surface area contributed by atoms with Crippen molar-refractivity contribution in [2.75, 3.05) is 33.9 Å². The van der Waals surface area contributed by atoms with E-state index in [2.05, 4.69) is 4.74 Å². The fraction of sp³-hybridized carbons (Fsp3) is 0.562. The van der Waals surface area contributed by atoms with Gasteiger partial charge in [0.05, 0.1) is 32.3 Å². The van der Waals surface area contributed by atoms with Crippen LogP contribution < -0.4 is 0 Å². The van der Waals surface area contributed by atoms with Gasteiger partial charge in [0.1, 0.15) is 0 Å². The van der Waals surface area contributed by atoms with Crippen molar-refractivity contribution in [2.45, 2.75) is 19.6 Å². The largest absolute Gasteiger partial charge is 0.469 e. The molecule has 5 nitrogen and oxygen atoms in total. The lowest BCUT2D eigenvalue weighted by Gasteiger charge is -2.22. The second-order valence-corrected chi connectivity index (χ2v) is 5.30. The van der Waals surface area contributed by atoms with Gasteiger partial charge in [-0.25, -0.2) is 0 Å². The number of aliphatic hydroxyl groups excluding tert-OH is 1. The molecule has 0 aliphatic heterocycles. The Kier molecular flexibility index (Phi) is 7.97. The van der Waals surface area contributed by atoms with Crippen molar-refractivity contribution < 1.29 is 19.4 Å². The van der Waals surface area contributed by atoms with Crippen LogP contribution in [0, 0.1) is 5.92 Å². The van der Waals surface area contributed by atoms with Crippen molar-refractivity contribution >= 4 is 5.97 Å². The monoisotopic (exact) mass is 295 g/mol. The minimum atomic E-state index is -0.580. The van der Waals surface area contributed by atoms with Gasteiger partial charge < -0.3 is 19.5 Å². The van der Waals surface area contributed by atoms with E-state index in [9.17, 15) is 9.90 Å². The summed E-state index contributed by atoms with van der Waals surface area (Å²) in [6.07, 6.45) is -0.580. The molecule has 0 bridgehead atoms. The van der Waals surface area contributed by atoms with E-state index in [1.807, 2.05) is 42.3 Å². The van der Waals surface area contributed by atoms with E-state index in [4.69, 9.17) is 4.74 Å². The van der Waals surface area contributed by atoms with E-state index < -0.39 is 6.10 Å². The Labute approximate surface area is 126 Å². The highest BCUT2D eigenvalue weighted by molar-refractivity contribution is 5.72. The van der Waals surface area contributed by atoms with Crippen molar-refractivity contribution in [3.63, 3.8) is 0 Å². The molecule has 0 aliphatic carbocycles. The molecule has 1 aromatic carbocycles. The summed E-state index contributed by atoms with van der Waals surface area (Å²) in [5.74, 6) is -0.450. The molecule has 0 amide bonds. The molecule has 0 radical (unpaired) electrons.